The Labute approximate surface area is 231 Å². The van der Waals surface area contributed by atoms with Crippen LogP contribution in [0.2, 0.25) is 5.02 Å². The van der Waals surface area contributed by atoms with E-state index in [2.05, 4.69) is 4.98 Å². The third-order valence-electron chi connectivity index (χ3n) is 6.71. The number of hydrogen-bond acceptors (Lipinski definition) is 7. The molecule has 3 aromatic carbocycles. The number of nitrogens with zero attached hydrogens (tertiary/aromatic N) is 2. The molecule has 2 N–H and O–H groups in total. The molecule has 9 heteroatoms. The van der Waals surface area contributed by atoms with Crippen LogP contribution in [0.15, 0.2) is 72.8 Å². The summed E-state index contributed by atoms with van der Waals surface area (Å²) < 4.78 is 16.3. The molecule has 1 aromatic heterocycles. The maximum absolute atomic E-state index is 13.9. The lowest BCUT2D eigenvalue weighted by Crippen LogP contribution is -2.41. The van der Waals surface area contributed by atoms with E-state index >= 15 is 0 Å². The summed E-state index contributed by atoms with van der Waals surface area (Å²) in [6.07, 6.45) is 0.964. The monoisotopic (exact) mass is 546 g/mol. The van der Waals surface area contributed by atoms with Gasteiger partial charge in [0, 0.05) is 17.6 Å². The predicted molar refractivity (Wildman–Crippen MR) is 146 cm³/mol. The van der Waals surface area contributed by atoms with E-state index < -0.39 is 6.04 Å². The van der Waals surface area contributed by atoms with E-state index in [-0.39, 0.29) is 29.0 Å². The molecule has 2 heterocycles. The minimum atomic E-state index is -0.437. The molecule has 0 saturated heterocycles. The van der Waals surface area contributed by atoms with E-state index in [4.69, 9.17) is 25.8 Å². The third kappa shape index (κ3) is 5.56. The largest absolute Gasteiger partial charge is 0.504 e. The zero-order chi connectivity index (χ0) is 27.5. The number of benzene rings is 3. The third-order valence-corrected chi connectivity index (χ3v) is 6.96. The van der Waals surface area contributed by atoms with Gasteiger partial charge in [-0.05, 0) is 84.1 Å². The Balaban J connectivity index is 1.48. The molecule has 8 nitrogen and oxygen atoms in total. The first-order valence-electron chi connectivity index (χ1n) is 12.3. The second kappa shape index (κ2) is 11.1. The number of aromatic hydroxyl groups is 2. The Hall–Kier alpha value is -4.43. The van der Waals surface area contributed by atoms with Crippen molar-refractivity contribution in [1.82, 2.24) is 9.88 Å². The first kappa shape index (κ1) is 26.2. The van der Waals surface area contributed by atoms with Crippen molar-refractivity contribution in [2.24, 2.45) is 0 Å². The lowest BCUT2D eigenvalue weighted by atomic mass is 9.87. The molecule has 0 aliphatic carbocycles. The fourth-order valence-electron chi connectivity index (χ4n) is 4.79. The molecule has 1 atom stereocenters. The molecule has 0 spiro atoms. The van der Waals surface area contributed by atoms with Gasteiger partial charge in [0.2, 0.25) is 5.88 Å². The summed E-state index contributed by atoms with van der Waals surface area (Å²) in [4.78, 5) is 20.1. The summed E-state index contributed by atoms with van der Waals surface area (Å²) in [7, 11) is 2.99. The first-order chi connectivity index (χ1) is 18.9. The van der Waals surface area contributed by atoms with Gasteiger partial charge in [0.25, 0.3) is 5.91 Å². The van der Waals surface area contributed by atoms with Crippen LogP contribution in [0.3, 0.4) is 0 Å². The van der Waals surface area contributed by atoms with Gasteiger partial charge in [-0.15, -0.1) is 0 Å². The lowest BCUT2D eigenvalue weighted by molar-refractivity contribution is 0.0652. The summed E-state index contributed by atoms with van der Waals surface area (Å²) in [5.41, 5.74) is 2.80. The van der Waals surface area contributed by atoms with Gasteiger partial charge in [-0.25, -0.2) is 4.98 Å². The smallest absolute Gasteiger partial charge is 0.273 e. The number of hydrogen-bond donors (Lipinski definition) is 2. The van der Waals surface area contributed by atoms with Crippen LogP contribution in [0.1, 0.15) is 33.2 Å². The molecular weight excluding hydrogens is 520 g/mol. The number of rotatable bonds is 7. The second-order valence-corrected chi connectivity index (χ2v) is 9.55. The van der Waals surface area contributed by atoms with Crippen molar-refractivity contribution in [3.63, 3.8) is 0 Å². The number of carbonyl (C=O) groups is 1. The van der Waals surface area contributed by atoms with Gasteiger partial charge in [0.15, 0.2) is 23.0 Å². The minimum Gasteiger partial charge on any atom is -0.504 e. The Morgan fingerprint density at radius 1 is 0.974 bits per heavy atom. The van der Waals surface area contributed by atoms with Crippen molar-refractivity contribution in [3.8, 4) is 34.6 Å². The van der Waals surface area contributed by atoms with E-state index in [1.54, 1.807) is 65.6 Å². The SMILES string of the molecule is COc1ccc(CC2c3cc(O)c(OC)cc3CCN2C(=O)c2cccc(Oc3ccc(Cl)cc3)n2)cc1O. The van der Waals surface area contributed by atoms with Gasteiger partial charge in [-0.1, -0.05) is 23.7 Å². The van der Waals surface area contributed by atoms with Crippen LogP contribution in [0.4, 0.5) is 0 Å². The van der Waals surface area contributed by atoms with Crippen molar-refractivity contribution < 1.29 is 29.2 Å². The Morgan fingerprint density at radius 3 is 2.44 bits per heavy atom. The van der Waals surface area contributed by atoms with E-state index in [1.165, 1.54) is 14.2 Å². The average Bonchev–Trinajstić information content (AvgIpc) is 2.94. The van der Waals surface area contributed by atoms with Gasteiger partial charge < -0.3 is 29.3 Å². The molecule has 1 aliphatic rings. The topological polar surface area (TPSA) is 101 Å². The van der Waals surface area contributed by atoms with Crippen LogP contribution in [0, 0.1) is 0 Å². The molecule has 39 heavy (non-hydrogen) atoms. The second-order valence-electron chi connectivity index (χ2n) is 9.11. The standard InChI is InChI=1S/C30H27ClN2O6/c1-37-27-11-6-18(15-25(27)34)14-24-22-17-26(35)28(38-2)16-19(22)12-13-33(24)30(36)23-4-3-5-29(32-23)39-21-9-7-20(31)8-10-21/h3-11,15-17,24,34-35H,12-14H2,1-2H3. The summed E-state index contributed by atoms with van der Waals surface area (Å²) in [5.74, 6) is 1.28. The highest BCUT2D eigenvalue weighted by molar-refractivity contribution is 6.30. The fraction of sp³-hybridized carbons (Fsp3) is 0.200. The number of halogens is 1. The van der Waals surface area contributed by atoms with Crippen LogP contribution in [-0.4, -0.2) is 46.8 Å². The molecule has 1 unspecified atom stereocenters. The van der Waals surface area contributed by atoms with Gasteiger partial charge >= 0.3 is 0 Å². The molecule has 5 rings (SSSR count). The summed E-state index contributed by atoms with van der Waals surface area (Å²) >= 11 is 5.96. The lowest BCUT2D eigenvalue weighted by Gasteiger charge is -2.38. The minimum absolute atomic E-state index is 0.00945. The zero-order valence-electron chi connectivity index (χ0n) is 21.4. The Morgan fingerprint density at radius 2 is 1.72 bits per heavy atom. The first-order valence-corrected chi connectivity index (χ1v) is 12.7. The number of ether oxygens (including phenoxy) is 3. The molecule has 1 amide bonds. The van der Waals surface area contributed by atoms with Crippen LogP contribution in [-0.2, 0) is 12.8 Å². The fourth-order valence-corrected chi connectivity index (χ4v) is 4.92. The zero-order valence-corrected chi connectivity index (χ0v) is 22.2. The number of phenols is 2. The number of aromatic nitrogens is 1. The highest BCUT2D eigenvalue weighted by Crippen LogP contribution is 2.40. The number of phenolic OH excluding ortho intramolecular Hbond substituents is 2. The van der Waals surface area contributed by atoms with Gasteiger partial charge in [0.1, 0.15) is 11.4 Å². The van der Waals surface area contributed by atoms with Gasteiger partial charge in [0.05, 0.1) is 20.3 Å². The highest BCUT2D eigenvalue weighted by atomic mass is 35.5. The van der Waals surface area contributed by atoms with Crippen molar-refractivity contribution in [3.05, 3.63) is 100 Å². The van der Waals surface area contributed by atoms with Crippen LogP contribution in [0.5, 0.6) is 34.6 Å². The van der Waals surface area contributed by atoms with Crippen LogP contribution < -0.4 is 14.2 Å². The highest BCUT2D eigenvalue weighted by Gasteiger charge is 2.33. The number of methoxy groups -OCH3 is 2. The van der Waals surface area contributed by atoms with Gasteiger partial charge in [-0.2, -0.15) is 0 Å². The molecule has 200 valence electrons. The molecule has 1 aliphatic heterocycles. The number of fused-ring (bicyclic) bond motifs is 1. The predicted octanol–water partition coefficient (Wildman–Crippen LogP) is 5.94. The van der Waals surface area contributed by atoms with Crippen molar-refractivity contribution in [2.75, 3.05) is 20.8 Å². The molecular formula is C30H27ClN2O6. The van der Waals surface area contributed by atoms with Crippen molar-refractivity contribution >= 4 is 17.5 Å². The van der Waals surface area contributed by atoms with E-state index in [0.29, 0.717) is 41.7 Å². The normalized spacial score (nSPS) is 14.4. The number of carbonyl (C=O) groups excluding carboxylic acids is 1. The molecule has 0 saturated carbocycles. The maximum atomic E-state index is 13.9. The summed E-state index contributed by atoms with van der Waals surface area (Å²) in [6.45, 7) is 0.427. The Bertz CT molecular complexity index is 1510. The van der Waals surface area contributed by atoms with Crippen LogP contribution in [0.25, 0.3) is 0 Å². The van der Waals surface area contributed by atoms with E-state index in [0.717, 1.165) is 16.7 Å². The van der Waals surface area contributed by atoms with E-state index in [9.17, 15) is 15.0 Å². The maximum Gasteiger partial charge on any atom is 0.273 e. The molecule has 0 bridgehead atoms. The van der Waals surface area contributed by atoms with Gasteiger partial charge in [-0.3, -0.25) is 4.79 Å². The Kier molecular flexibility index (Phi) is 7.47. The molecule has 0 radical (unpaired) electrons. The number of amides is 1. The average molecular weight is 547 g/mol. The quantitative estimate of drug-likeness (QED) is 0.296. The summed E-state index contributed by atoms with van der Waals surface area (Å²) in [5, 5.41) is 21.5. The van der Waals surface area contributed by atoms with E-state index in [1.807, 2.05) is 12.1 Å². The van der Waals surface area contributed by atoms with Crippen molar-refractivity contribution in [2.45, 2.75) is 18.9 Å². The number of pyridine rings is 1. The van der Waals surface area contributed by atoms with Crippen LogP contribution >= 0.6 is 11.6 Å². The van der Waals surface area contributed by atoms with Crippen molar-refractivity contribution in [1.29, 1.82) is 0 Å². The summed E-state index contributed by atoms with van der Waals surface area (Å²) in [6, 6.07) is 20.1. The molecule has 4 aromatic rings. The molecule has 0 fully saturated rings.